The molecule has 0 saturated carbocycles. The maximum atomic E-state index is 13.3. The van der Waals surface area contributed by atoms with E-state index in [4.69, 9.17) is 31.2 Å². The number of nitrogens with one attached hydrogen (secondary N) is 3. The van der Waals surface area contributed by atoms with Crippen molar-refractivity contribution >= 4 is 68.6 Å². The van der Waals surface area contributed by atoms with E-state index in [0.717, 1.165) is 91.6 Å². The van der Waals surface area contributed by atoms with Crippen molar-refractivity contribution in [2.45, 2.75) is 69.7 Å². The number of benzene rings is 2. The zero-order valence-electron chi connectivity index (χ0n) is 34.9. The van der Waals surface area contributed by atoms with Crippen molar-refractivity contribution in [3.05, 3.63) is 69.2 Å². The number of likely N-dealkylation sites (N-methyl/N-ethyl adjacent to an activating group) is 1. The van der Waals surface area contributed by atoms with Crippen molar-refractivity contribution in [2.75, 3.05) is 63.2 Å². The number of likely N-dealkylation sites (tertiary alicyclic amines) is 1. The highest BCUT2D eigenvalue weighted by atomic mass is 35.5. The molecular weight excluding hydrogens is 800 g/mol. The topological polar surface area (TPSA) is 178 Å². The fourth-order valence-corrected chi connectivity index (χ4v) is 9.71. The second-order valence-corrected chi connectivity index (χ2v) is 17.6. The van der Waals surface area contributed by atoms with E-state index in [-0.39, 0.29) is 47.1 Å². The lowest BCUT2D eigenvalue weighted by molar-refractivity contribution is -0.134. The van der Waals surface area contributed by atoms with E-state index in [1.807, 2.05) is 43.8 Å². The van der Waals surface area contributed by atoms with Crippen molar-refractivity contribution in [3.8, 4) is 11.5 Å². The average molecular weight is 851 g/mol. The summed E-state index contributed by atoms with van der Waals surface area (Å²) in [4.78, 5) is 63.9. The standard InChI is InChI=1S/C44H51ClN10O6/c1-25(2)55-33-7-5-28(17-27(33)18-36(42(55)59)60-23-38(57)46-3)48-40-32(45)21-47-43(50-40)54-13-9-26(10-14-54)22-53-15-11-44(12-16-53)24-61-35-19-30-34(20-31(35)44)52(4)51-39(30)29-6-8-37(56)49-41(29)58/h5,7,17-21,25-26,29H,6,8-16,22-24H2,1-4H3,(H,46,57)(H,47,48,50)(H,49,56,58). The molecule has 61 heavy (non-hydrogen) atoms. The number of piperidine rings is 3. The molecule has 0 bridgehead atoms. The molecule has 5 aromatic rings. The first kappa shape index (κ1) is 40.7. The number of hydrogen-bond acceptors (Lipinski definition) is 12. The molecule has 4 aliphatic heterocycles. The van der Waals surface area contributed by atoms with Crippen LogP contribution in [0.15, 0.2) is 47.4 Å². The lowest BCUT2D eigenvalue weighted by Gasteiger charge is -2.41. The Labute approximate surface area is 357 Å². The van der Waals surface area contributed by atoms with Crippen molar-refractivity contribution in [1.29, 1.82) is 0 Å². The zero-order valence-corrected chi connectivity index (χ0v) is 35.7. The van der Waals surface area contributed by atoms with Crippen LogP contribution in [0.25, 0.3) is 21.8 Å². The lowest BCUT2D eigenvalue weighted by Crippen LogP contribution is -2.46. The molecule has 3 fully saturated rings. The molecule has 320 valence electrons. The van der Waals surface area contributed by atoms with Crippen molar-refractivity contribution in [1.82, 2.24) is 39.8 Å². The molecular formula is C44H51ClN10O6. The summed E-state index contributed by atoms with van der Waals surface area (Å²) in [6, 6.07) is 11.5. The van der Waals surface area contributed by atoms with E-state index in [2.05, 4.69) is 42.9 Å². The predicted octanol–water partition coefficient (Wildman–Crippen LogP) is 4.94. The third-order valence-electron chi connectivity index (χ3n) is 13.0. The van der Waals surface area contributed by atoms with Crippen molar-refractivity contribution < 1.29 is 23.9 Å². The number of halogens is 1. The fraction of sp³-hybridized carbons (Fsp3) is 0.477. The smallest absolute Gasteiger partial charge is 0.293 e. The SMILES string of the molecule is CNC(=O)COc1cc2cc(Nc3nc(N4CCC(CN5CCC6(CC5)COc5cc7c(C8CCC(=O)NC8=O)nn(C)c7cc56)CC4)ncc3Cl)ccc2n(C(C)C)c1=O. The predicted molar refractivity (Wildman–Crippen MR) is 232 cm³/mol. The Morgan fingerprint density at radius 1 is 1.05 bits per heavy atom. The number of aromatic nitrogens is 5. The van der Waals surface area contributed by atoms with Crippen LogP contribution in [-0.4, -0.2) is 99.9 Å². The molecule has 17 heteroatoms. The van der Waals surface area contributed by atoms with Crippen molar-refractivity contribution in [2.24, 2.45) is 13.0 Å². The van der Waals surface area contributed by atoms with Gasteiger partial charge in [-0.3, -0.25) is 29.2 Å². The summed E-state index contributed by atoms with van der Waals surface area (Å²) in [5, 5.41) is 15.2. The van der Waals surface area contributed by atoms with Crippen LogP contribution in [0, 0.1) is 5.92 Å². The normalized spacial score (nSPS) is 19.4. The molecule has 9 rings (SSSR count). The summed E-state index contributed by atoms with van der Waals surface area (Å²) >= 11 is 6.63. The molecule has 3 N–H and O–H groups in total. The second kappa shape index (κ2) is 16.3. The van der Waals surface area contributed by atoms with Crippen LogP contribution in [0.1, 0.15) is 75.6 Å². The quantitative estimate of drug-likeness (QED) is 0.162. The Kier molecular flexibility index (Phi) is 10.8. The van der Waals surface area contributed by atoms with Gasteiger partial charge < -0.3 is 34.5 Å². The van der Waals surface area contributed by atoms with Gasteiger partial charge in [-0.05, 0) is 101 Å². The Balaban J connectivity index is 0.820. The van der Waals surface area contributed by atoms with Gasteiger partial charge in [0, 0.05) is 73.6 Å². The van der Waals surface area contributed by atoms with Gasteiger partial charge in [-0.25, -0.2) is 4.98 Å². The fourth-order valence-electron chi connectivity index (χ4n) is 9.57. The number of amides is 3. The Morgan fingerprint density at radius 3 is 2.57 bits per heavy atom. The molecule has 16 nitrogen and oxygen atoms in total. The van der Waals surface area contributed by atoms with Gasteiger partial charge in [0.2, 0.25) is 17.8 Å². The van der Waals surface area contributed by atoms with Gasteiger partial charge in [-0.2, -0.15) is 10.1 Å². The van der Waals surface area contributed by atoms with E-state index >= 15 is 0 Å². The molecule has 1 spiro atoms. The molecule has 0 aliphatic carbocycles. The third-order valence-corrected chi connectivity index (χ3v) is 13.3. The van der Waals surface area contributed by atoms with E-state index in [1.165, 1.54) is 12.6 Å². The van der Waals surface area contributed by atoms with Crippen molar-refractivity contribution in [3.63, 3.8) is 0 Å². The number of aryl methyl sites for hydroxylation is 1. The molecule has 1 atom stereocenters. The van der Waals surface area contributed by atoms with Crippen LogP contribution in [0.2, 0.25) is 5.02 Å². The number of nitrogens with zero attached hydrogens (tertiary/aromatic N) is 7. The minimum Gasteiger partial charge on any atom is -0.492 e. The van der Waals surface area contributed by atoms with E-state index in [9.17, 15) is 19.2 Å². The molecule has 4 aliphatic rings. The maximum Gasteiger partial charge on any atom is 0.293 e. The number of ether oxygens (including phenoxy) is 2. The van der Waals surface area contributed by atoms with Gasteiger partial charge in [-0.15, -0.1) is 0 Å². The van der Waals surface area contributed by atoms with Crippen LogP contribution in [0.4, 0.5) is 17.5 Å². The second-order valence-electron chi connectivity index (χ2n) is 17.2. The molecule has 3 amide bonds. The zero-order chi connectivity index (χ0) is 42.6. The first-order valence-electron chi connectivity index (χ1n) is 21.2. The largest absolute Gasteiger partial charge is 0.492 e. The minimum absolute atomic E-state index is 0.0471. The van der Waals surface area contributed by atoms with Gasteiger partial charge in [-0.1, -0.05) is 11.6 Å². The molecule has 2 aromatic carbocycles. The van der Waals surface area contributed by atoms with Crippen LogP contribution in [0.5, 0.6) is 11.5 Å². The van der Waals surface area contributed by atoms with Crippen LogP contribution in [-0.2, 0) is 26.8 Å². The number of pyridine rings is 1. The Hall–Kier alpha value is -5.74. The summed E-state index contributed by atoms with van der Waals surface area (Å²) in [7, 11) is 3.44. The molecule has 0 radical (unpaired) electrons. The van der Waals surface area contributed by atoms with E-state index < -0.39 is 5.92 Å². The maximum absolute atomic E-state index is 13.3. The molecule has 1 unspecified atom stereocenters. The van der Waals surface area contributed by atoms with Crippen LogP contribution in [0.3, 0.4) is 0 Å². The number of anilines is 3. The summed E-state index contributed by atoms with van der Waals surface area (Å²) < 4.78 is 15.5. The Morgan fingerprint density at radius 2 is 1.84 bits per heavy atom. The number of carbonyl (C=O) groups is 3. The van der Waals surface area contributed by atoms with Gasteiger partial charge in [0.25, 0.3) is 11.5 Å². The Bertz CT molecular complexity index is 2610. The molecule has 7 heterocycles. The number of hydrogen-bond donors (Lipinski definition) is 3. The highest BCUT2D eigenvalue weighted by molar-refractivity contribution is 6.33. The summed E-state index contributed by atoms with van der Waals surface area (Å²) in [5.74, 6) is 1.36. The average Bonchev–Trinajstić information content (AvgIpc) is 3.76. The molecule has 3 saturated heterocycles. The number of rotatable bonds is 10. The number of imide groups is 1. The van der Waals surface area contributed by atoms with Gasteiger partial charge in [0.15, 0.2) is 18.2 Å². The van der Waals surface area contributed by atoms with Gasteiger partial charge in [0.05, 0.1) is 35.4 Å². The highest BCUT2D eigenvalue weighted by Crippen LogP contribution is 2.48. The van der Waals surface area contributed by atoms with Gasteiger partial charge in [0.1, 0.15) is 10.8 Å². The van der Waals surface area contributed by atoms with E-state index in [0.29, 0.717) is 47.8 Å². The minimum atomic E-state index is -0.450. The summed E-state index contributed by atoms with van der Waals surface area (Å²) in [5.41, 5.74) is 4.05. The first-order valence-corrected chi connectivity index (χ1v) is 21.5. The summed E-state index contributed by atoms with van der Waals surface area (Å²) in [6.45, 7) is 8.98. The molecule has 3 aromatic heterocycles. The number of fused-ring (bicyclic) bond motifs is 4. The summed E-state index contributed by atoms with van der Waals surface area (Å²) in [6.07, 6.45) is 6.49. The number of carbonyl (C=O) groups excluding carboxylic acids is 3. The van der Waals surface area contributed by atoms with Gasteiger partial charge >= 0.3 is 0 Å². The third kappa shape index (κ3) is 7.75. The van der Waals surface area contributed by atoms with Crippen LogP contribution < -0.4 is 35.9 Å². The highest BCUT2D eigenvalue weighted by Gasteiger charge is 2.44. The lowest BCUT2D eigenvalue weighted by atomic mass is 9.74. The van der Waals surface area contributed by atoms with E-state index in [1.54, 1.807) is 16.8 Å². The first-order chi connectivity index (χ1) is 29.4. The monoisotopic (exact) mass is 850 g/mol. The van der Waals surface area contributed by atoms with Crippen LogP contribution >= 0.6 is 11.6 Å².